The van der Waals surface area contributed by atoms with Gasteiger partial charge in [0.15, 0.2) is 0 Å². The van der Waals surface area contributed by atoms with Gasteiger partial charge in [-0.05, 0) is 43.9 Å². The van der Waals surface area contributed by atoms with E-state index >= 15 is 0 Å². The van der Waals surface area contributed by atoms with Gasteiger partial charge in [0.2, 0.25) is 0 Å². The van der Waals surface area contributed by atoms with Crippen molar-refractivity contribution < 1.29 is 0 Å². The Kier molecular flexibility index (Phi) is 6.09. The van der Waals surface area contributed by atoms with Gasteiger partial charge in [0.05, 0.1) is 22.9 Å². The van der Waals surface area contributed by atoms with Crippen molar-refractivity contribution in [3.05, 3.63) is 36.3 Å². The second-order valence-corrected chi connectivity index (χ2v) is 8.46. The lowest BCUT2D eigenvalue weighted by atomic mass is 9.78. The second-order valence-electron chi connectivity index (χ2n) is 8.46. The first-order chi connectivity index (χ1) is 14.2. The highest BCUT2D eigenvalue weighted by Gasteiger charge is 2.27. The molecule has 1 aliphatic heterocycles. The van der Waals surface area contributed by atoms with Crippen LogP contribution < -0.4 is 15.5 Å². The van der Waals surface area contributed by atoms with Gasteiger partial charge in [-0.1, -0.05) is 19.8 Å². The molecule has 0 spiro atoms. The Hall–Kier alpha value is -2.47. The number of piperazine rings is 1. The van der Waals surface area contributed by atoms with E-state index in [0.29, 0.717) is 12.1 Å². The van der Waals surface area contributed by atoms with Crippen LogP contribution in [0.25, 0.3) is 16.6 Å². The Morgan fingerprint density at radius 3 is 2.97 bits per heavy atom. The third-order valence-corrected chi connectivity index (χ3v) is 6.12. The van der Waals surface area contributed by atoms with E-state index in [1.54, 1.807) is 6.20 Å². The summed E-state index contributed by atoms with van der Waals surface area (Å²) in [5, 5.41) is 14.8. The van der Waals surface area contributed by atoms with E-state index in [0.717, 1.165) is 47.9 Å². The van der Waals surface area contributed by atoms with Gasteiger partial charge in [-0.3, -0.25) is 4.98 Å². The lowest BCUT2D eigenvalue weighted by Crippen LogP contribution is -2.49. The van der Waals surface area contributed by atoms with Crippen LogP contribution >= 0.6 is 0 Å². The molecule has 2 fully saturated rings. The molecule has 1 saturated heterocycles. The van der Waals surface area contributed by atoms with Crippen molar-refractivity contribution in [3.63, 3.8) is 0 Å². The molecule has 154 valence electrons. The van der Waals surface area contributed by atoms with Crippen LogP contribution in [0.3, 0.4) is 0 Å². The van der Waals surface area contributed by atoms with Gasteiger partial charge in [-0.15, -0.1) is 0 Å². The predicted octanol–water partition coefficient (Wildman–Crippen LogP) is 3.59. The van der Waals surface area contributed by atoms with E-state index in [9.17, 15) is 0 Å². The minimum Gasteiger partial charge on any atom is -0.388 e. The normalized spacial score (nSPS) is 25.0. The zero-order valence-corrected chi connectivity index (χ0v) is 17.5. The molecule has 29 heavy (non-hydrogen) atoms. The van der Waals surface area contributed by atoms with Crippen LogP contribution in [-0.2, 0) is 0 Å². The van der Waals surface area contributed by atoms with Gasteiger partial charge in [0, 0.05) is 55.4 Å². The molecule has 1 aromatic carbocycles. The molecule has 2 aromatic rings. The van der Waals surface area contributed by atoms with E-state index in [1.807, 2.05) is 12.3 Å². The monoisotopic (exact) mass is 392 g/mol. The van der Waals surface area contributed by atoms with Crippen molar-refractivity contribution in [2.75, 3.05) is 24.5 Å². The zero-order valence-electron chi connectivity index (χ0n) is 17.5. The average Bonchev–Trinajstić information content (AvgIpc) is 2.71. The summed E-state index contributed by atoms with van der Waals surface area (Å²) in [7, 11) is 0. The van der Waals surface area contributed by atoms with Gasteiger partial charge >= 0.3 is 0 Å². The molecule has 0 bridgehead atoms. The van der Waals surface area contributed by atoms with Crippen molar-refractivity contribution >= 4 is 28.5 Å². The smallest absolute Gasteiger partial charge is 0.0922 e. The summed E-state index contributed by atoms with van der Waals surface area (Å²) in [4.78, 5) is 11.8. The lowest BCUT2D eigenvalue weighted by Gasteiger charge is -2.35. The fourth-order valence-corrected chi connectivity index (χ4v) is 4.42. The van der Waals surface area contributed by atoms with Crippen LogP contribution in [0.2, 0.25) is 0 Å². The molecular formula is C23H32N6. The summed E-state index contributed by atoms with van der Waals surface area (Å²) >= 11 is 0. The minimum absolute atomic E-state index is 0.485. The van der Waals surface area contributed by atoms with Gasteiger partial charge < -0.3 is 20.9 Å². The van der Waals surface area contributed by atoms with Gasteiger partial charge in [0.1, 0.15) is 0 Å². The number of aromatic nitrogens is 2. The van der Waals surface area contributed by atoms with Crippen LogP contribution in [-0.4, -0.2) is 47.9 Å². The molecule has 0 amide bonds. The SMILES string of the molecule is CCCC1CC(N/C=C(\C=N)c2cnc3ccc(N4CCNC(C)C4)cc3n2)C1. The first-order valence-electron chi connectivity index (χ1n) is 10.9. The zero-order chi connectivity index (χ0) is 20.2. The first-order valence-corrected chi connectivity index (χ1v) is 10.9. The van der Waals surface area contributed by atoms with E-state index in [4.69, 9.17) is 10.4 Å². The maximum absolute atomic E-state index is 7.84. The summed E-state index contributed by atoms with van der Waals surface area (Å²) in [6.45, 7) is 7.46. The number of nitrogens with one attached hydrogen (secondary N) is 3. The molecule has 3 N–H and O–H groups in total. The summed E-state index contributed by atoms with van der Waals surface area (Å²) in [5.74, 6) is 0.862. The van der Waals surface area contributed by atoms with Gasteiger partial charge in [0.25, 0.3) is 0 Å². The number of hydrogen-bond donors (Lipinski definition) is 3. The third kappa shape index (κ3) is 4.58. The van der Waals surface area contributed by atoms with Crippen molar-refractivity contribution in [1.29, 1.82) is 5.41 Å². The largest absolute Gasteiger partial charge is 0.388 e. The predicted molar refractivity (Wildman–Crippen MR) is 121 cm³/mol. The van der Waals surface area contributed by atoms with Crippen LogP contribution in [0.15, 0.2) is 30.6 Å². The first kappa shape index (κ1) is 19.8. The summed E-state index contributed by atoms with van der Waals surface area (Å²) < 4.78 is 0. The Balaban J connectivity index is 1.50. The number of rotatable bonds is 7. The van der Waals surface area contributed by atoms with Gasteiger partial charge in [-0.25, -0.2) is 4.98 Å². The quantitative estimate of drug-likeness (QED) is 0.628. The topological polar surface area (TPSA) is 76.9 Å². The molecule has 4 rings (SSSR count). The van der Waals surface area contributed by atoms with Crippen LogP contribution in [0.5, 0.6) is 0 Å². The van der Waals surface area contributed by atoms with Crippen molar-refractivity contribution in [3.8, 4) is 0 Å². The molecule has 1 aromatic heterocycles. The Labute approximate surface area is 173 Å². The fraction of sp³-hybridized carbons (Fsp3) is 0.522. The fourth-order valence-electron chi connectivity index (χ4n) is 4.42. The maximum atomic E-state index is 7.84. The van der Waals surface area contributed by atoms with E-state index in [-0.39, 0.29) is 0 Å². The molecule has 1 aliphatic carbocycles. The van der Waals surface area contributed by atoms with Crippen LogP contribution in [0, 0.1) is 11.3 Å². The maximum Gasteiger partial charge on any atom is 0.0922 e. The van der Waals surface area contributed by atoms with Crippen molar-refractivity contribution in [1.82, 2.24) is 20.6 Å². The van der Waals surface area contributed by atoms with Crippen LogP contribution in [0.4, 0.5) is 5.69 Å². The number of allylic oxidation sites excluding steroid dienone is 1. The van der Waals surface area contributed by atoms with Gasteiger partial charge in [-0.2, -0.15) is 0 Å². The van der Waals surface area contributed by atoms with Crippen molar-refractivity contribution in [2.24, 2.45) is 5.92 Å². The molecular weight excluding hydrogens is 360 g/mol. The average molecular weight is 393 g/mol. The standard InChI is InChI=1S/C23H32N6/c1-3-4-17-9-19(10-17)26-13-18(12-24)23-14-27-21-6-5-20(11-22(21)28-23)29-8-7-25-16(2)15-29/h5-6,11-14,16-17,19,24-26H,3-4,7-10,15H2,1-2H3/b18-13+,24-12?. The third-order valence-electron chi connectivity index (χ3n) is 6.12. The molecule has 2 aliphatic rings. The van der Waals surface area contributed by atoms with E-state index < -0.39 is 0 Å². The minimum atomic E-state index is 0.485. The molecule has 6 nitrogen and oxygen atoms in total. The summed E-state index contributed by atoms with van der Waals surface area (Å²) in [6, 6.07) is 7.31. The molecule has 1 atom stereocenters. The van der Waals surface area contributed by atoms with Crippen LogP contribution in [0.1, 0.15) is 45.2 Å². The molecule has 1 saturated carbocycles. The number of fused-ring (bicyclic) bond motifs is 1. The number of nitrogens with zero attached hydrogens (tertiary/aromatic N) is 3. The van der Waals surface area contributed by atoms with E-state index in [2.05, 4.69) is 46.5 Å². The number of benzene rings is 1. The molecule has 0 radical (unpaired) electrons. The lowest BCUT2D eigenvalue weighted by molar-refractivity contribution is 0.225. The molecule has 1 unspecified atom stereocenters. The highest BCUT2D eigenvalue weighted by atomic mass is 15.2. The summed E-state index contributed by atoms with van der Waals surface area (Å²) in [6.07, 6.45) is 10.1. The Morgan fingerprint density at radius 2 is 2.21 bits per heavy atom. The Bertz CT molecular complexity index is 886. The van der Waals surface area contributed by atoms with E-state index in [1.165, 1.54) is 37.6 Å². The molecule has 2 heterocycles. The second kappa shape index (κ2) is 8.91. The highest BCUT2D eigenvalue weighted by molar-refractivity contribution is 6.07. The summed E-state index contributed by atoms with van der Waals surface area (Å²) in [5.41, 5.74) is 4.48. The number of anilines is 1. The highest BCUT2D eigenvalue weighted by Crippen LogP contribution is 2.31. The number of hydrogen-bond acceptors (Lipinski definition) is 6. The Morgan fingerprint density at radius 1 is 1.34 bits per heavy atom. The molecule has 6 heteroatoms. The van der Waals surface area contributed by atoms with Crippen molar-refractivity contribution in [2.45, 2.75) is 51.6 Å².